The molecule has 1 N–H and O–H groups in total. The Morgan fingerprint density at radius 3 is 2.63 bits per heavy atom. The average Bonchev–Trinajstić information content (AvgIpc) is 2.93. The van der Waals surface area contributed by atoms with Crippen molar-refractivity contribution < 1.29 is 4.39 Å². The fraction of sp³-hybridized carbons (Fsp3) is 0.133. The average molecular weight is 272 g/mol. The molecule has 0 saturated heterocycles. The van der Waals surface area contributed by atoms with E-state index < -0.39 is 0 Å². The van der Waals surface area contributed by atoms with Gasteiger partial charge in [-0.2, -0.15) is 0 Å². The standard InChI is InChI=1S/C15H13FN2S/c16-7-8-17-13-4-1-11(2-5-13)12-3-6-15-14(9-12)18-10-19-15/h1-6,9-10,17H,7-8H2. The zero-order chi connectivity index (χ0) is 13.1. The molecule has 1 heterocycles. The van der Waals surface area contributed by atoms with Crippen LogP contribution in [0.2, 0.25) is 0 Å². The van der Waals surface area contributed by atoms with Gasteiger partial charge in [-0.15, -0.1) is 11.3 Å². The third-order valence-electron chi connectivity index (χ3n) is 2.97. The molecule has 0 aliphatic heterocycles. The van der Waals surface area contributed by atoms with E-state index in [-0.39, 0.29) is 6.67 Å². The number of fused-ring (bicyclic) bond motifs is 1. The number of thiazole rings is 1. The number of hydrogen-bond acceptors (Lipinski definition) is 3. The summed E-state index contributed by atoms with van der Waals surface area (Å²) in [6.45, 7) is -0.00757. The Labute approximate surface area is 114 Å². The molecule has 0 aliphatic rings. The van der Waals surface area contributed by atoms with E-state index in [1.165, 1.54) is 4.70 Å². The van der Waals surface area contributed by atoms with Gasteiger partial charge in [-0.25, -0.2) is 9.37 Å². The number of nitrogens with zero attached hydrogens (tertiary/aromatic N) is 1. The minimum Gasteiger partial charge on any atom is -0.382 e. The largest absolute Gasteiger partial charge is 0.382 e. The number of aromatic nitrogens is 1. The highest BCUT2D eigenvalue weighted by Gasteiger charge is 2.01. The van der Waals surface area contributed by atoms with Crippen LogP contribution in [0.15, 0.2) is 48.0 Å². The maximum atomic E-state index is 12.1. The third-order valence-corrected chi connectivity index (χ3v) is 3.78. The molecule has 19 heavy (non-hydrogen) atoms. The monoisotopic (exact) mass is 272 g/mol. The van der Waals surface area contributed by atoms with Crippen LogP contribution < -0.4 is 5.32 Å². The molecule has 1 aromatic heterocycles. The zero-order valence-corrected chi connectivity index (χ0v) is 11.1. The van der Waals surface area contributed by atoms with Crippen LogP contribution in [0.1, 0.15) is 0 Å². The highest BCUT2D eigenvalue weighted by Crippen LogP contribution is 2.26. The first-order valence-electron chi connectivity index (χ1n) is 6.10. The van der Waals surface area contributed by atoms with Crippen molar-refractivity contribution in [1.29, 1.82) is 0 Å². The fourth-order valence-corrected chi connectivity index (χ4v) is 2.67. The highest BCUT2D eigenvalue weighted by molar-refractivity contribution is 7.16. The summed E-state index contributed by atoms with van der Waals surface area (Å²) in [7, 11) is 0. The molecule has 0 atom stereocenters. The number of alkyl halides is 1. The molecule has 2 nitrogen and oxygen atoms in total. The second kappa shape index (κ2) is 5.36. The van der Waals surface area contributed by atoms with Crippen LogP contribution in [0.25, 0.3) is 21.3 Å². The maximum absolute atomic E-state index is 12.1. The molecule has 0 fully saturated rings. The smallest absolute Gasteiger partial charge is 0.107 e. The number of nitrogens with one attached hydrogen (secondary N) is 1. The first-order chi connectivity index (χ1) is 9.36. The van der Waals surface area contributed by atoms with E-state index >= 15 is 0 Å². The Morgan fingerprint density at radius 2 is 1.84 bits per heavy atom. The Kier molecular flexibility index (Phi) is 3.42. The molecule has 2 aromatic carbocycles. The lowest BCUT2D eigenvalue weighted by molar-refractivity contribution is 0.513. The zero-order valence-electron chi connectivity index (χ0n) is 10.3. The van der Waals surface area contributed by atoms with Crippen molar-refractivity contribution in [3.05, 3.63) is 48.0 Å². The van der Waals surface area contributed by atoms with Gasteiger partial charge in [-0.3, -0.25) is 0 Å². The summed E-state index contributed by atoms with van der Waals surface area (Å²) in [5.41, 5.74) is 6.12. The van der Waals surface area contributed by atoms with Gasteiger partial charge in [-0.05, 0) is 35.4 Å². The van der Waals surface area contributed by atoms with E-state index in [0.717, 1.165) is 22.3 Å². The van der Waals surface area contributed by atoms with E-state index in [4.69, 9.17) is 0 Å². The van der Waals surface area contributed by atoms with Crippen molar-refractivity contribution in [1.82, 2.24) is 4.98 Å². The summed E-state index contributed by atoms with van der Waals surface area (Å²) in [6.07, 6.45) is 0. The molecular weight excluding hydrogens is 259 g/mol. The van der Waals surface area contributed by atoms with Crippen LogP contribution in [-0.4, -0.2) is 18.2 Å². The summed E-state index contributed by atoms with van der Waals surface area (Å²) >= 11 is 1.65. The van der Waals surface area contributed by atoms with E-state index in [2.05, 4.69) is 28.5 Å². The molecule has 0 amide bonds. The van der Waals surface area contributed by atoms with Gasteiger partial charge in [0.15, 0.2) is 0 Å². The van der Waals surface area contributed by atoms with Crippen molar-refractivity contribution in [3.63, 3.8) is 0 Å². The molecule has 96 valence electrons. The third kappa shape index (κ3) is 2.58. The fourth-order valence-electron chi connectivity index (χ4n) is 2.01. The minimum absolute atomic E-state index is 0.351. The van der Waals surface area contributed by atoms with Gasteiger partial charge in [0.2, 0.25) is 0 Å². The van der Waals surface area contributed by atoms with E-state index in [1.54, 1.807) is 11.3 Å². The molecule has 0 aliphatic carbocycles. The number of anilines is 1. The van der Waals surface area contributed by atoms with Crippen LogP contribution in [0.5, 0.6) is 0 Å². The number of halogens is 1. The number of benzene rings is 2. The highest BCUT2D eigenvalue weighted by atomic mass is 32.1. The lowest BCUT2D eigenvalue weighted by atomic mass is 10.1. The lowest BCUT2D eigenvalue weighted by Gasteiger charge is -2.06. The predicted molar refractivity (Wildman–Crippen MR) is 79.5 cm³/mol. The van der Waals surface area contributed by atoms with Crippen molar-refractivity contribution in [3.8, 4) is 11.1 Å². The van der Waals surface area contributed by atoms with E-state index in [1.807, 2.05) is 29.8 Å². The number of hydrogen-bond donors (Lipinski definition) is 1. The molecule has 0 saturated carbocycles. The van der Waals surface area contributed by atoms with E-state index in [0.29, 0.717) is 6.54 Å². The normalized spacial score (nSPS) is 10.8. The van der Waals surface area contributed by atoms with Gasteiger partial charge in [0.25, 0.3) is 0 Å². The van der Waals surface area contributed by atoms with Crippen molar-refractivity contribution in [2.24, 2.45) is 0 Å². The summed E-state index contributed by atoms with van der Waals surface area (Å²) in [6, 6.07) is 14.3. The van der Waals surface area contributed by atoms with Crippen LogP contribution in [-0.2, 0) is 0 Å². The van der Waals surface area contributed by atoms with E-state index in [9.17, 15) is 4.39 Å². The maximum Gasteiger partial charge on any atom is 0.107 e. The molecule has 4 heteroatoms. The molecule has 0 spiro atoms. The summed E-state index contributed by atoms with van der Waals surface area (Å²) < 4.78 is 13.3. The predicted octanol–water partition coefficient (Wildman–Crippen LogP) is 4.34. The van der Waals surface area contributed by atoms with Crippen molar-refractivity contribution >= 4 is 27.2 Å². The van der Waals surface area contributed by atoms with Gasteiger partial charge in [0.1, 0.15) is 6.67 Å². The van der Waals surface area contributed by atoms with Gasteiger partial charge >= 0.3 is 0 Å². The number of rotatable bonds is 4. The summed E-state index contributed by atoms with van der Waals surface area (Å²) in [5, 5.41) is 3.01. The van der Waals surface area contributed by atoms with Crippen LogP contribution in [0.3, 0.4) is 0 Å². The van der Waals surface area contributed by atoms with Crippen LogP contribution in [0, 0.1) is 0 Å². The molecule has 3 aromatic rings. The minimum atomic E-state index is -0.359. The Bertz CT molecular complexity index is 676. The molecule has 3 rings (SSSR count). The Morgan fingerprint density at radius 1 is 1.05 bits per heavy atom. The van der Waals surface area contributed by atoms with Crippen molar-refractivity contribution in [2.45, 2.75) is 0 Å². The first-order valence-corrected chi connectivity index (χ1v) is 6.98. The summed E-state index contributed by atoms with van der Waals surface area (Å²) in [4.78, 5) is 4.33. The van der Waals surface area contributed by atoms with Gasteiger partial charge in [0, 0.05) is 12.2 Å². The van der Waals surface area contributed by atoms with Gasteiger partial charge < -0.3 is 5.32 Å². The molecular formula is C15H13FN2S. The van der Waals surface area contributed by atoms with Gasteiger partial charge in [-0.1, -0.05) is 18.2 Å². The second-order valence-corrected chi connectivity index (χ2v) is 5.11. The SMILES string of the molecule is FCCNc1ccc(-c2ccc3scnc3c2)cc1. The quantitative estimate of drug-likeness (QED) is 0.764. The topological polar surface area (TPSA) is 24.9 Å². The first kappa shape index (κ1) is 12.1. The van der Waals surface area contributed by atoms with Gasteiger partial charge in [0.05, 0.1) is 15.7 Å². The second-order valence-electron chi connectivity index (χ2n) is 4.23. The van der Waals surface area contributed by atoms with Crippen LogP contribution in [0.4, 0.5) is 10.1 Å². The van der Waals surface area contributed by atoms with Crippen molar-refractivity contribution in [2.75, 3.05) is 18.5 Å². The molecule has 0 unspecified atom stereocenters. The summed E-state index contributed by atoms with van der Waals surface area (Å²) in [5.74, 6) is 0. The Hall–Kier alpha value is -1.94. The lowest BCUT2D eigenvalue weighted by Crippen LogP contribution is -2.02. The van der Waals surface area contributed by atoms with Crippen LogP contribution >= 0.6 is 11.3 Å². The molecule has 0 radical (unpaired) electrons. The Balaban J connectivity index is 1.88. The molecule has 0 bridgehead atoms.